The molecule has 3 N–H and O–H groups in total. The monoisotopic (exact) mass is 252 g/mol. The molecule has 1 amide bonds. The summed E-state index contributed by atoms with van der Waals surface area (Å²) in [6, 6.07) is 0. The third-order valence-electron chi connectivity index (χ3n) is 3.36. The first kappa shape index (κ1) is 13.0. The first-order valence-electron chi connectivity index (χ1n) is 6.43. The van der Waals surface area contributed by atoms with Crippen molar-refractivity contribution >= 4 is 5.91 Å². The second-order valence-electron chi connectivity index (χ2n) is 5.31. The molecule has 0 saturated heterocycles. The zero-order valence-electron chi connectivity index (χ0n) is 10.9. The van der Waals surface area contributed by atoms with Gasteiger partial charge in [0.2, 0.25) is 5.82 Å². The van der Waals surface area contributed by atoms with Crippen LogP contribution in [0.25, 0.3) is 0 Å². The molecule has 6 nitrogen and oxygen atoms in total. The minimum absolute atomic E-state index is 0.139. The quantitative estimate of drug-likeness (QED) is 0.744. The fourth-order valence-electron chi connectivity index (χ4n) is 2.17. The molecule has 2 rings (SSSR count). The highest BCUT2D eigenvalue weighted by Crippen LogP contribution is 2.28. The van der Waals surface area contributed by atoms with Gasteiger partial charge >= 0.3 is 0 Å². The predicted molar refractivity (Wildman–Crippen MR) is 66.2 cm³/mol. The third-order valence-corrected chi connectivity index (χ3v) is 3.36. The lowest BCUT2D eigenvalue weighted by atomic mass is 10.0. The molecule has 0 radical (unpaired) electrons. The van der Waals surface area contributed by atoms with Crippen LogP contribution < -0.4 is 5.32 Å². The molecular formula is C12H20N4O2. The summed E-state index contributed by atoms with van der Waals surface area (Å²) in [5.41, 5.74) is -0.743. The van der Waals surface area contributed by atoms with Crippen molar-refractivity contribution in [1.82, 2.24) is 20.5 Å². The summed E-state index contributed by atoms with van der Waals surface area (Å²) >= 11 is 0. The van der Waals surface area contributed by atoms with E-state index < -0.39 is 5.60 Å². The van der Waals surface area contributed by atoms with Crippen LogP contribution in [-0.4, -0.2) is 38.3 Å². The van der Waals surface area contributed by atoms with Gasteiger partial charge in [0, 0.05) is 12.5 Å². The van der Waals surface area contributed by atoms with E-state index in [1.807, 2.05) is 13.8 Å². The van der Waals surface area contributed by atoms with Crippen LogP contribution >= 0.6 is 0 Å². The van der Waals surface area contributed by atoms with Gasteiger partial charge in [-0.15, -0.1) is 5.10 Å². The number of amides is 1. The standard InChI is InChI=1S/C12H20N4O2/c1-8(2)9-14-10(16-15-9)11(17)13-7-12(18)5-3-4-6-12/h8,18H,3-7H2,1-2H3,(H,13,17)(H,14,15,16). The van der Waals surface area contributed by atoms with E-state index in [0.29, 0.717) is 5.82 Å². The summed E-state index contributed by atoms with van der Waals surface area (Å²) in [5, 5.41) is 19.4. The second-order valence-corrected chi connectivity index (χ2v) is 5.31. The molecule has 1 aromatic heterocycles. The summed E-state index contributed by atoms with van der Waals surface area (Å²) < 4.78 is 0. The van der Waals surface area contributed by atoms with Gasteiger partial charge in [-0.3, -0.25) is 9.89 Å². The Hall–Kier alpha value is -1.43. The topological polar surface area (TPSA) is 90.9 Å². The molecule has 0 bridgehead atoms. The molecule has 0 aliphatic heterocycles. The maximum absolute atomic E-state index is 11.8. The van der Waals surface area contributed by atoms with Crippen molar-refractivity contribution in [3.05, 3.63) is 11.6 Å². The fraction of sp³-hybridized carbons (Fsp3) is 0.750. The van der Waals surface area contributed by atoms with Crippen LogP contribution in [0.1, 0.15) is 61.9 Å². The Bertz CT molecular complexity index is 421. The molecule has 1 aromatic rings. The maximum Gasteiger partial charge on any atom is 0.291 e. The second kappa shape index (κ2) is 5.06. The number of hydrogen-bond acceptors (Lipinski definition) is 4. The lowest BCUT2D eigenvalue weighted by Crippen LogP contribution is -2.41. The Morgan fingerprint density at radius 3 is 2.72 bits per heavy atom. The van der Waals surface area contributed by atoms with Crippen molar-refractivity contribution in [1.29, 1.82) is 0 Å². The minimum Gasteiger partial charge on any atom is -0.388 e. The number of aliphatic hydroxyl groups is 1. The molecule has 1 aliphatic rings. The average molecular weight is 252 g/mol. The van der Waals surface area contributed by atoms with Crippen molar-refractivity contribution < 1.29 is 9.90 Å². The molecule has 1 saturated carbocycles. The van der Waals surface area contributed by atoms with Gasteiger partial charge in [-0.2, -0.15) is 0 Å². The average Bonchev–Trinajstić information content (AvgIpc) is 2.95. The maximum atomic E-state index is 11.8. The molecule has 100 valence electrons. The number of nitrogens with one attached hydrogen (secondary N) is 2. The Kier molecular flexibility index (Phi) is 3.65. The molecule has 0 aromatic carbocycles. The smallest absolute Gasteiger partial charge is 0.291 e. The van der Waals surface area contributed by atoms with Gasteiger partial charge in [0.15, 0.2) is 0 Å². The summed E-state index contributed by atoms with van der Waals surface area (Å²) in [6.45, 7) is 4.23. The molecule has 0 atom stereocenters. The van der Waals surface area contributed by atoms with Gasteiger partial charge in [-0.25, -0.2) is 4.98 Å². The molecule has 1 heterocycles. The van der Waals surface area contributed by atoms with E-state index in [4.69, 9.17) is 0 Å². The van der Waals surface area contributed by atoms with Crippen LogP contribution in [-0.2, 0) is 0 Å². The normalized spacial score (nSPS) is 18.2. The van der Waals surface area contributed by atoms with Crippen molar-refractivity contribution in [3.63, 3.8) is 0 Å². The number of rotatable bonds is 4. The van der Waals surface area contributed by atoms with Crippen LogP contribution in [0.5, 0.6) is 0 Å². The van der Waals surface area contributed by atoms with Crippen molar-refractivity contribution in [2.24, 2.45) is 0 Å². The molecule has 18 heavy (non-hydrogen) atoms. The van der Waals surface area contributed by atoms with E-state index in [2.05, 4.69) is 20.5 Å². The summed E-state index contributed by atoms with van der Waals surface area (Å²) in [5.74, 6) is 0.705. The highest BCUT2D eigenvalue weighted by Gasteiger charge is 2.31. The minimum atomic E-state index is -0.743. The molecule has 6 heteroatoms. The number of aromatic amines is 1. The van der Waals surface area contributed by atoms with Gasteiger partial charge in [0.05, 0.1) is 5.60 Å². The van der Waals surface area contributed by atoms with Crippen LogP contribution in [0, 0.1) is 0 Å². The van der Waals surface area contributed by atoms with Crippen LogP contribution in [0.15, 0.2) is 0 Å². The van der Waals surface area contributed by atoms with E-state index in [-0.39, 0.29) is 24.2 Å². The van der Waals surface area contributed by atoms with Gasteiger partial charge < -0.3 is 10.4 Å². The van der Waals surface area contributed by atoms with Crippen molar-refractivity contribution in [2.45, 2.75) is 51.0 Å². The number of carbonyl (C=O) groups is 1. The van der Waals surface area contributed by atoms with E-state index in [0.717, 1.165) is 25.7 Å². The predicted octanol–water partition coefficient (Wildman–Crippen LogP) is 0.963. The number of aromatic nitrogens is 3. The van der Waals surface area contributed by atoms with Crippen molar-refractivity contribution in [3.8, 4) is 0 Å². The third kappa shape index (κ3) is 2.87. The Morgan fingerprint density at radius 2 is 2.17 bits per heavy atom. The Labute approximate surface area is 106 Å². The Morgan fingerprint density at radius 1 is 1.50 bits per heavy atom. The molecular weight excluding hydrogens is 232 g/mol. The van der Waals surface area contributed by atoms with E-state index in [1.54, 1.807) is 0 Å². The highest BCUT2D eigenvalue weighted by atomic mass is 16.3. The number of hydrogen-bond donors (Lipinski definition) is 3. The van der Waals surface area contributed by atoms with Gasteiger partial charge in [0.25, 0.3) is 5.91 Å². The molecule has 1 aliphatic carbocycles. The Balaban J connectivity index is 1.91. The zero-order chi connectivity index (χ0) is 13.2. The van der Waals surface area contributed by atoms with Gasteiger partial charge in [0.1, 0.15) is 5.82 Å². The van der Waals surface area contributed by atoms with E-state index in [1.165, 1.54) is 0 Å². The van der Waals surface area contributed by atoms with Gasteiger partial charge in [-0.05, 0) is 12.8 Å². The number of nitrogens with zero attached hydrogens (tertiary/aromatic N) is 2. The van der Waals surface area contributed by atoms with Crippen LogP contribution in [0.2, 0.25) is 0 Å². The first-order chi connectivity index (χ1) is 8.50. The van der Waals surface area contributed by atoms with Gasteiger partial charge in [-0.1, -0.05) is 26.7 Å². The van der Waals surface area contributed by atoms with Crippen LogP contribution in [0.3, 0.4) is 0 Å². The lowest BCUT2D eigenvalue weighted by Gasteiger charge is -2.21. The largest absolute Gasteiger partial charge is 0.388 e. The lowest BCUT2D eigenvalue weighted by molar-refractivity contribution is 0.0447. The highest BCUT2D eigenvalue weighted by molar-refractivity contribution is 5.90. The first-order valence-corrected chi connectivity index (χ1v) is 6.43. The summed E-state index contributed by atoms with van der Waals surface area (Å²) in [4.78, 5) is 15.9. The fourth-order valence-corrected chi connectivity index (χ4v) is 2.17. The molecule has 0 spiro atoms. The van der Waals surface area contributed by atoms with E-state index >= 15 is 0 Å². The van der Waals surface area contributed by atoms with Crippen molar-refractivity contribution in [2.75, 3.05) is 6.54 Å². The summed E-state index contributed by atoms with van der Waals surface area (Å²) in [7, 11) is 0. The zero-order valence-corrected chi connectivity index (χ0v) is 10.9. The SMILES string of the molecule is CC(C)c1nc(C(=O)NCC2(O)CCCC2)n[nH]1. The number of carbonyl (C=O) groups excluding carboxylic acids is 1. The molecule has 0 unspecified atom stereocenters. The molecule has 1 fully saturated rings. The van der Waals surface area contributed by atoms with Crippen LogP contribution in [0.4, 0.5) is 0 Å². The van der Waals surface area contributed by atoms with E-state index in [9.17, 15) is 9.90 Å². The number of H-pyrrole nitrogens is 1. The summed E-state index contributed by atoms with van der Waals surface area (Å²) in [6.07, 6.45) is 3.53.